The van der Waals surface area contributed by atoms with Crippen molar-refractivity contribution in [3.05, 3.63) is 69.5 Å². The van der Waals surface area contributed by atoms with E-state index in [1.165, 1.54) is 11.3 Å². The van der Waals surface area contributed by atoms with Crippen molar-refractivity contribution >= 4 is 57.5 Å². The van der Waals surface area contributed by atoms with Gasteiger partial charge in [0.15, 0.2) is 5.13 Å². The number of nitrogens with one attached hydrogen (secondary N) is 2. The molecule has 1 aliphatic rings. The molecule has 0 bridgehead atoms. The molecule has 0 spiro atoms. The second-order valence-corrected chi connectivity index (χ2v) is 8.72. The molecule has 1 aliphatic heterocycles. The molecule has 2 N–H and O–H groups in total. The van der Waals surface area contributed by atoms with E-state index in [4.69, 9.17) is 23.2 Å². The number of halogens is 2. The van der Waals surface area contributed by atoms with Crippen molar-refractivity contribution in [2.75, 3.05) is 11.9 Å². The molecule has 158 valence electrons. The molecule has 1 aromatic heterocycles. The second kappa shape index (κ2) is 8.30. The second-order valence-electron chi connectivity index (χ2n) is 7.02. The van der Waals surface area contributed by atoms with E-state index < -0.39 is 29.9 Å². The van der Waals surface area contributed by atoms with E-state index in [0.29, 0.717) is 32.0 Å². The molecule has 1 saturated heterocycles. The fourth-order valence-electron chi connectivity index (χ4n) is 3.26. The Labute approximate surface area is 192 Å². The number of carbonyl (C=O) groups is 3. The third-order valence-electron chi connectivity index (χ3n) is 4.88. The molecule has 2 aromatic carbocycles. The molecule has 1 unspecified atom stereocenters. The maximum absolute atomic E-state index is 12.9. The molecule has 3 aromatic rings. The van der Waals surface area contributed by atoms with Gasteiger partial charge < -0.3 is 10.6 Å². The summed E-state index contributed by atoms with van der Waals surface area (Å²) in [5, 5.41) is 8.32. The third-order valence-corrected chi connectivity index (χ3v) is 6.21. The number of aromatic nitrogens is 1. The summed E-state index contributed by atoms with van der Waals surface area (Å²) >= 11 is 13.4. The van der Waals surface area contributed by atoms with Crippen LogP contribution in [-0.2, 0) is 15.1 Å². The van der Waals surface area contributed by atoms with Crippen molar-refractivity contribution in [2.24, 2.45) is 0 Å². The minimum Gasteiger partial charge on any atom is -0.319 e. The van der Waals surface area contributed by atoms with Gasteiger partial charge in [-0.3, -0.25) is 14.5 Å². The molecular weight excluding hydrogens is 459 g/mol. The van der Waals surface area contributed by atoms with Crippen LogP contribution < -0.4 is 10.6 Å². The molecule has 4 rings (SSSR count). The Bertz CT molecular complexity index is 1180. The van der Waals surface area contributed by atoms with Gasteiger partial charge in [0.05, 0.1) is 10.7 Å². The Hall–Kier alpha value is -2.94. The molecule has 0 saturated carbocycles. The van der Waals surface area contributed by atoms with Crippen molar-refractivity contribution in [3.8, 4) is 11.3 Å². The number of benzene rings is 2. The average molecular weight is 475 g/mol. The summed E-state index contributed by atoms with van der Waals surface area (Å²) < 4.78 is 0. The molecule has 4 amide bonds. The summed E-state index contributed by atoms with van der Waals surface area (Å²) in [5.74, 6) is -1.04. The van der Waals surface area contributed by atoms with Crippen LogP contribution in [0.2, 0.25) is 10.0 Å². The van der Waals surface area contributed by atoms with E-state index in [-0.39, 0.29) is 0 Å². The maximum Gasteiger partial charge on any atom is 0.325 e. The van der Waals surface area contributed by atoms with Crippen LogP contribution in [0.15, 0.2) is 53.9 Å². The van der Waals surface area contributed by atoms with Gasteiger partial charge in [-0.25, -0.2) is 9.78 Å². The monoisotopic (exact) mass is 474 g/mol. The summed E-state index contributed by atoms with van der Waals surface area (Å²) in [6, 6.07) is 13.3. The fraction of sp³-hybridized carbons (Fsp3) is 0.143. The number of thiazole rings is 1. The highest BCUT2D eigenvalue weighted by atomic mass is 35.5. The number of rotatable bonds is 5. The summed E-state index contributed by atoms with van der Waals surface area (Å²) in [5.41, 5.74) is 0.605. The number of hydrogen-bond donors (Lipinski definition) is 2. The highest BCUT2D eigenvalue weighted by Crippen LogP contribution is 2.33. The van der Waals surface area contributed by atoms with Crippen LogP contribution in [0.5, 0.6) is 0 Å². The van der Waals surface area contributed by atoms with Gasteiger partial charge in [-0.1, -0.05) is 53.5 Å². The first-order chi connectivity index (χ1) is 14.8. The van der Waals surface area contributed by atoms with E-state index in [1.807, 2.05) is 6.07 Å². The summed E-state index contributed by atoms with van der Waals surface area (Å²) in [4.78, 5) is 43.1. The van der Waals surface area contributed by atoms with Gasteiger partial charge in [0.2, 0.25) is 5.91 Å². The highest BCUT2D eigenvalue weighted by molar-refractivity contribution is 7.14. The lowest BCUT2D eigenvalue weighted by molar-refractivity contribution is -0.133. The van der Waals surface area contributed by atoms with Crippen LogP contribution in [0.25, 0.3) is 11.3 Å². The van der Waals surface area contributed by atoms with E-state index in [9.17, 15) is 14.4 Å². The zero-order valence-electron chi connectivity index (χ0n) is 16.2. The Morgan fingerprint density at radius 1 is 1.19 bits per heavy atom. The Morgan fingerprint density at radius 3 is 2.68 bits per heavy atom. The topological polar surface area (TPSA) is 91.4 Å². The number of nitrogens with zero attached hydrogens (tertiary/aromatic N) is 2. The smallest absolute Gasteiger partial charge is 0.319 e. The van der Waals surface area contributed by atoms with Gasteiger partial charge >= 0.3 is 6.03 Å². The largest absolute Gasteiger partial charge is 0.325 e. The minimum absolute atomic E-state index is 0.314. The molecule has 1 atom stereocenters. The van der Waals surface area contributed by atoms with E-state index >= 15 is 0 Å². The zero-order chi connectivity index (χ0) is 22.2. The molecule has 2 heterocycles. The van der Waals surface area contributed by atoms with E-state index in [2.05, 4.69) is 15.6 Å². The van der Waals surface area contributed by atoms with Crippen LogP contribution in [0, 0.1) is 0 Å². The summed E-state index contributed by atoms with van der Waals surface area (Å²) in [6.07, 6.45) is 0. The van der Waals surface area contributed by atoms with Crippen molar-refractivity contribution in [1.29, 1.82) is 0 Å². The first kappa shape index (κ1) is 21.3. The number of anilines is 1. The standard InChI is InChI=1S/C21H16Cl2N4O3S/c1-21(12-5-3-2-4-6-12)18(29)27(20(30)26-21)10-17(28)25-19-24-16(11-31-19)14-9-13(22)7-8-15(14)23/h2-9,11H,10H2,1H3,(H,26,30)(H,24,25,28). The van der Waals surface area contributed by atoms with Crippen molar-refractivity contribution in [2.45, 2.75) is 12.5 Å². The quantitative estimate of drug-likeness (QED) is 0.531. The average Bonchev–Trinajstić information content (AvgIpc) is 3.29. The number of urea groups is 1. The molecule has 7 nitrogen and oxygen atoms in total. The van der Waals surface area contributed by atoms with Crippen LogP contribution in [0.1, 0.15) is 12.5 Å². The molecule has 0 aliphatic carbocycles. The first-order valence-corrected chi connectivity index (χ1v) is 10.8. The Kier molecular flexibility index (Phi) is 5.70. The zero-order valence-corrected chi connectivity index (χ0v) is 18.5. The number of hydrogen-bond acceptors (Lipinski definition) is 5. The normalized spacial score (nSPS) is 18.2. The number of carbonyl (C=O) groups excluding carboxylic acids is 3. The Balaban J connectivity index is 1.46. The van der Waals surface area contributed by atoms with Gasteiger partial charge in [0.25, 0.3) is 5.91 Å². The highest BCUT2D eigenvalue weighted by Gasteiger charge is 2.49. The Morgan fingerprint density at radius 2 is 1.94 bits per heavy atom. The number of amides is 4. The summed E-state index contributed by atoms with van der Waals surface area (Å²) in [7, 11) is 0. The van der Waals surface area contributed by atoms with Crippen molar-refractivity contribution in [1.82, 2.24) is 15.2 Å². The lowest BCUT2D eigenvalue weighted by atomic mass is 9.92. The molecular formula is C21H16Cl2N4O3S. The predicted octanol–water partition coefficient (Wildman–Crippen LogP) is 4.52. The van der Waals surface area contributed by atoms with Crippen molar-refractivity contribution in [3.63, 3.8) is 0 Å². The summed E-state index contributed by atoms with van der Waals surface area (Å²) in [6.45, 7) is 1.18. The van der Waals surface area contributed by atoms with Gasteiger partial charge in [-0.05, 0) is 30.7 Å². The molecule has 0 radical (unpaired) electrons. The minimum atomic E-state index is -1.23. The fourth-order valence-corrected chi connectivity index (χ4v) is 4.37. The predicted molar refractivity (Wildman–Crippen MR) is 120 cm³/mol. The van der Waals surface area contributed by atoms with Crippen LogP contribution in [0.3, 0.4) is 0 Å². The first-order valence-electron chi connectivity index (χ1n) is 9.18. The van der Waals surface area contributed by atoms with Gasteiger partial charge in [-0.15, -0.1) is 11.3 Å². The lowest BCUT2D eigenvalue weighted by Gasteiger charge is -2.21. The lowest BCUT2D eigenvalue weighted by Crippen LogP contribution is -2.42. The molecule has 1 fully saturated rings. The van der Waals surface area contributed by atoms with E-state index in [0.717, 1.165) is 4.90 Å². The third kappa shape index (κ3) is 4.14. The van der Waals surface area contributed by atoms with E-state index in [1.54, 1.807) is 54.8 Å². The van der Waals surface area contributed by atoms with Gasteiger partial charge in [0.1, 0.15) is 12.1 Å². The number of imide groups is 1. The molecule has 31 heavy (non-hydrogen) atoms. The van der Waals surface area contributed by atoms with Gasteiger partial charge in [-0.2, -0.15) is 0 Å². The van der Waals surface area contributed by atoms with Crippen LogP contribution >= 0.6 is 34.5 Å². The van der Waals surface area contributed by atoms with Crippen LogP contribution in [-0.4, -0.2) is 34.3 Å². The maximum atomic E-state index is 12.9. The van der Waals surface area contributed by atoms with Gasteiger partial charge in [0, 0.05) is 16.0 Å². The van der Waals surface area contributed by atoms with Crippen LogP contribution in [0.4, 0.5) is 9.93 Å². The van der Waals surface area contributed by atoms with Crippen molar-refractivity contribution < 1.29 is 14.4 Å². The SMILES string of the molecule is CC1(c2ccccc2)NC(=O)N(CC(=O)Nc2nc(-c3cc(Cl)ccc3Cl)cs2)C1=O. The molecule has 10 heteroatoms.